The van der Waals surface area contributed by atoms with E-state index in [1.807, 2.05) is 0 Å². The molecule has 0 aromatic rings. The van der Waals surface area contributed by atoms with E-state index in [2.05, 4.69) is 48.5 Å². The molecular weight excluding hydrogens is 260 g/mol. The molecule has 0 aromatic carbocycles. The van der Waals surface area contributed by atoms with Crippen LogP contribution < -0.4 is 0 Å². The van der Waals surface area contributed by atoms with Crippen LogP contribution in [0.3, 0.4) is 0 Å². The maximum atomic E-state index is 12.4. The normalized spacial score (nSPS) is 14.0. The molecule has 0 amide bonds. The maximum absolute atomic E-state index is 12.4. The summed E-state index contributed by atoms with van der Waals surface area (Å²) in [6, 6.07) is 0. The van der Waals surface area contributed by atoms with Gasteiger partial charge in [-0.15, -0.1) is 0 Å². The first-order valence-electron chi connectivity index (χ1n) is 8.74. The first-order valence-corrected chi connectivity index (χ1v) is 8.74. The third-order valence-corrected chi connectivity index (χ3v) is 3.89. The minimum absolute atomic E-state index is 0.00835. The van der Waals surface area contributed by atoms with E-state index < -0.39 is 0 Å². The third-order valence-electron chi connectivity index (χ3n) is 3.89. The molecule has 0 spiro atoms. The van der Waals surface area contributed by atoms with Gasteiger partial charge in [-0.2, -0.15) is 0 Å². The van der Waals surface area contributed by atoms with E-state index in [4.69, 9.17) is 4.74 Å². The van der Waals surface area contributed by atoms with Gasteiger partial charge >= 0.3 is 5.97 Å². The average molecular weight is 299 g/mol. The Bertz CT molecular complexity index is 281. The van der Waals surface area contributed by atoms with Gasteiger partial charge in [-0.05, 0) is 23.7 Å². The Balaban J connectivity index is 4.13. The first kappa shape index (κ1) is 20.5. The first-order chi connectivity index (χ1) is 9.58. The molecular formula is C19H38O2. The van der Waals surface area contributed by atoms with Gasteiger partial charge in [0.25, 0.3) is 0 Å². The zero-order valence-corrected chi connectivity index (χ0v) is 15.6. The SMILES string of the molecule is CCCCCCCCOC(=O)C(CC(C)(C)C)C(C)(C)C. The summed E-state index contributed by atoms with van der Waals surface area (Å²) in [6.45, 7) is 15.8. The molecule has 0 radical (unpaired) electrons. The Morgan fingerprint density at radius 2 is 1.43 bits per heavy atom. The second-order valence-corrected chi connectivity index (χ2v) is 8.62. The average Bonchev–Trinajstić information content (AvgIpc) is 2.32. The highest BCUT2D eigenvalue weighted by Gasteiger charge is 2.35. The molecule has 0 saturated carbocycles. The van der Waals surface area contributed by atoms with E-state index in [0.29, 0.717) is 6.61 Å². The molecule has 21 heavy (non-hydrogen) atoms. The van der Waals surface area contributed by atoms with Crippen molar-refractivity contribution in [2.45, 2.75) is 93.4 Å². The molecule has 0 aliphatic carbocycles. The maximum Gasteiger partial charge on any atom is 0.309 e. The molecule has 2 nitrogen and oxygen atoms in total. The second-order valence-electron chi connectivity index (χ2n) is 8.62. The highest BCUT2D eigenvalue weighted by atomic mass is 16.5. The number of carbonyl (C=O) groups excluding carboxylic acids is 1. The Morgan fingerprint density at radius 1 is 0.905 bits per heavy atom. The number of esters is 1. The summed E-state index contributed by atoms with van der Waals surface area (Å²) in [7, 11) is 0. The van der Waals surface area contributed by atoms with Crippen LogP contribution in [-0.2, 0) is 9.53 Å². The molecule has 1 atom stereocenters. The van der Waals surface area contributed by atoms with Crippen LogP contribution in [0.5, 0.6) is 0 Å². The Labute approximate surface area is 133 Å². The van der Waals surface area contributed by atoms with E-state index in [-0.39, 0.29) is 22.7 Å². The number of carbonyl (C=O) groups is 1. The lowest BCUT2D eigenvalue weighted by Gasteiger charge is -2.33. The van der Waals surface area contributed by atoms with Gasteiger partial charge < -0.3 is 4.74 Å². The van der Waals surface area contributed by atoms with Crippen molar-refractivity contribution in [2.24, 2.45) is 16.7 Å². The standard InChI is InChI=1S/C19H38O2/c1-8-9-10-11-12-13-14-21-17(20)16(19(5,6)7)15-18(2,3)4/h16H,8-15H2,1-7H3. The van der Waals surface area contributed by atoms with Gasteiger partial charge in [0, 0.05) is 0 Å². The molecule has 0 aromatic heterocycles. The summed E-state index contributed by atoms with van der Waals surface area (Å²) >= 11 is 0. The van der Waals surface area contributed by atoms with Crippen LogP contribution in [0.1, 0.15) is 93.4 Å². The van der Waals surface area contributed by atoms with Gasteiger partial charge in [0.15, 0.2) is 0 Å². The van der Waals surface area contributed by atoms with Crippen LogP contribution in [-0.4, -0.2) is 12.6 Å². The Hall–Kier alpha value is -0.530. The topological polar surface area (TPSA) is 26.3 Å². The second kappa shape index (κ2) is 9.48. The molecule has 126 valence electrons. The molecule has 1 unspecified atom stereocenters. The number of hydrogen-bond acceptors (Lipinski definition) is 2. The van der Waals surface area contributed by atoms with Gasteiger partial charge in [-0.25, -0.2) is 0 Å². The molecule has 0 aliphatic rings. The number of ether oxygens (including phenoxy) is 1. The zero-order chi connectivity index (χ0) is 16.5. The van der Waals surface area contributed by atoms with Crippen molar-refractivity contribution < 1.29 is 9.53 Å². The van der Waals surface area contributed by atoms with Crippen molar-refractivity contribution in [3.8, 4) is 0 Å². The van der Waals surface area contributed by atoms with E-state index in [1.54, 1.807) is 0 Å². The van der Waals surface area contributed by atoms with Gasteiger partial charge in [0.05, 0.1) is 12.5 Å². The Morgan fingerprint density at radius 3 is 1.90 bits per heavy atom. The Kier molecular flexibility index (Phi) is 9.24. The molecule has 0 N–H and O–H groups in total. The van der Waals surface area contributed by atoms with Crippen molar-refractivity contribution in [1.29, 1.82) is 0 Å². The molecule has 2 heteroatoms. The quantitative estimate of drug-likeness (QED) is 0.386. The van der Waals surface area contributed by atoms with Gasteiger partial charge in [-0.3, -0.25) is 4.79 Å². The van der Waals surface area contributed by atoms with Gasteiger partial charge in [0.2, 0.25) is 0 Å². The number of unbranched alkanes of at least 4 members (excludes halogenated alkanes) is 5. The monoisotopic (exact) mass is 298 g/mol. The van der Waals surface area contributed by atoms with Gasteiger partial charge in [0.1, 0.15) is 0 Å². The van der Waals surface area contributed by atoms with Crippen LogP contribution in [0, 0.1) is 16.7 Å². The molecule has 0 bridgehead atoms. The van der Waals surface area contributed by atoms with Crippen molar-refractivity contribution in [3.05, 3.63) is 0 Å². The van der Waals surface area contributed by atoms with Crippen LogP contribution in [0.2, 0.25) is 0 Å². The van der Waals surface area contributed by atoms with Crippen molar-refractivity contribution >= 4 is 5.97 Å². The third kappa shape index (κ3) is 10.8. The van der Waals surface area contributed by atoms with Crippen LogP contribution in [0.4, 0.5) is 0 Å². The smallest absolute Gasteiger partial charge is 0.309 e. The lowest BCUT2D eigenvalue weighted by Crippen LogP contribution is -2.33. The minimum Gasteiger partial charge on any atom is -0.465 e. The van der Waals surface area contributed by atoms with Crippen LogP contribution in [0.15, 0.2) is 0 Å². The predicted molar refractivity (Wildman–Crippen MR) is 91.4 cm³/mol. The lowest BCUT2D eigenvalue weighted by atomic mass is 9.72. The number of hydrogen-bond donors (Lipinski definition) is 0. The van der Waals surface area contributed by atoms with E-state index in [9.17, 15) is 4.79 Å². The summed E-state index contributed by atoms with van der Waals surface area (Å²) in [5.74, 6) is -0.0245. The number of rotatable bonds is 9. The van der Waals surface area contributed by atoms with Crippen LogP contribution in [0.25, 0.3) is 0 Å². The fourth-order valence-corrected chi connectivity index (χ4v) is 2.51. The van der Waals surface area contributed by atoms with E-state index in [1.165, 1.54) is 32.1 Å². The molecule has 0 aliphatic heterocycles. The van der Waals surface area contributed by atoms with Gasteiger partial charge in [-0.1, -0.05) is 80.6 Å². The van der Waals surface area contributed by atoms with Crippen molar-refractivity contribution in [3.63, 3.8) is 0 Å². The van der Waals surface area contributed by atoms with E-state index >= 15 is 0 Å². The molecule has 0 rings (SSSR count). The highest BCUT2D eigenvalue weighted by molar-refractivity contribution is 5.73. The summed E-state index contributed by atoms with van der Waals surface area (Å²) in [6.07, 6.45) is 8.21. The van der Waals surface area contributed by atoms with Crippen molar-refractivity contribution in [1.82, 2.24) is 0 Å². The molecule has 0 heterocycles. The minimum atomic E-state index is -0.0362. The summed E-state index contributed by atoms with van der Waals surface area (Å²) < 4.78 is 5.54. The predicted octanol–water partition coefficient (Wildman–Crippen LogP) is 5.99. The highest BCUT2D eigenvalue weighted by Crippen LogP contribution is 2.36. The fourth-order valence-electron chi connectivity index (χ4n) is 2.51. The van der Waals surface area contributed by atoms with E-state index in [0.717, 1.165) is 12.8 Å². The summed E-state index contributed by atoms with van der Waals surface area (Å²) in [4.78, 5) is 12.4. The summed E-state index contributed by atoms with van der Waals surface area (Å²) in [5, 5.41) is 0. The zero-order valence-electron chi connectivity index (χ0n) is 15.6. The largest absolute Gasteiger partial charge is 0.465 e. The lowest BCUT2D eigenvalue weighted by molar-refractivity contribution is -0.154. The summed E-state index contributed by atoms with van der Waals surface area (Å²) in [5.41, 5.74) is 0.114. The van der Waals surface area contributed by atoms with Crippen molar-refractivity contribution in [2.75, 3.05) is 6.61 Å². The van der Waals surface area contributed by atoms with Crippen LogP contribution >= 0.6 is 0 Å². The molecule has 0 saturated heterocycles. The fraction of sp³-hybridized carbons (Fsp3) is 0.947. The molecule has 0 fully saturated rings.